The van der Waals surface area contributed by atoms with Gasteiger partial charge in [0.1, 0.15) is 6.04 Å². The lowest BCUT2D eigenvalue weighted by Crippen LogP contribution is -2.42. The maximum Gasteiger partial charge on any atom is 0.328 e. The van der Waals surface area contributed by atoms with E-state index in [0.717, 1.165) is 5.56 Å². The van der Waals surface area contributed by atoms with Crippen LogP contribution in [-0.4, -0.2) is 24.5 Å². The highest BCUT2D eigenvalue weighted by atomic mass is 16.5. The Labute approximate surface area is 106 Å². The van der Waals surface area contributed by atoms with Crippen molar-refractivity contribution in [3.63, 3.8) is 0 Å². The molecule has 0 bridgehead atoms. The van der Waals surface area contributed by atoms with Crippen LogP contribution in [0.2, 0.25) is 0 Å². The third kappa shape index (κ3) is 4.45. The lowest BCUT2D eigenvalue weighted by atomic mass is 10.1. The molecule has 0 aliphatic carbocycles. The molecule has 0 saturated heterocycles. The number of amides is 1. The molecule has 1 aromatic carbocycles. The van der Waals surface area contributed by atoms with Crippen LogP contribution in [0, 0.1) is 0 Å². The van der Waals surface area contributed by atoms with E-state index >= 15 is 0 Å². The molecule has 1 aromatic rings. The van der Waals surface area contributed by atoms with Gasteiger partial charge in [-0.2, -0.15) is 0 Å². The van der Waals surface area contributed by atoms with Gasteiger partial charge >= 0.3 is 5.97 Å². The van der Waals surface area contributed by atoms with Gasteiger partial charge in [-0.05, 0) is 24.6 Å². The summed E-state index contributed by atoms with van der Waals surface area (Å²) in [6.45, 7) is 3.39. The largest absolute Gasteiger partial charge is 0.464 e. The molecule has 0 fully saturated rings. The summed E-state index contributed by atoms with van der Waals surface area (Å²) in [7, 11) is 0. The van der Waals surface area contributed by atoms with Gasteiger partial charge in [0.25, 0.3) is 0 Å². The van der Waals surface area contributed by atoms with Crippen LogP contribution in [-0.2, 0) is 20.7 Å². The molecule has 0 spiro atoms. The number of anilines is 1. The molecule has 0 radical (unpaired) electrons. The summed E-state index contributed by atoms with van der Waals surface area (Å²) >= 11 is 0. The quantitative estimate of drug-likeness (QED) is 0.600. The van der Waals surface area contributed by atoms with Crippen LogP contribution in [0.15, 0.2) is 24.3 Å². The van der Waals surface area contributed by atoms with E-state index in [9.17, 15) is 9.59 Å². The third-order valence-electron chi connectivity index (χ3n) is 2.37. The minimum absolute atomic E-state index is 0.261. The maximum absolute atomic E-state index is 11.7. The fourth-order valence-electron chi connectivity index (χ4n) is 1.57. The molecular weight excluding hydrogens is 232 g/mol. The number of nitrogen functional groups attached to an aromatic ring is 1. The Bertz CT molecular complexity index is 415. The first kappa shape index (κ1) is 14.0. The Morgan fingerprint density at radius 1 is 1.33 bits per heavy atom. The summed E-state index contributed by atoms with van der Waals surface area (Å²) in [5, 5.41) is 2.58. The number of hydrogen-bond donors (Lipinski definition) is 2. The molecule has 3 N–H and O–H groups in total. The zero-order valence-electron chi connectivity index (χ0n) is 10.6. The van der Waals surface area contributed by atoms with Crippen LogP contribution in [0.4, 0.5) is 5.69 Å². The Kier molecular flexibility index (Phi) is 5.17. The third-order valence-corrected chi connectivity index (χ3v) is 2.37. The minimum Gasteiger partial charge on any atom is -0.464 e. The molecule has 1 unspecified atom stereocenters. The van der Waals surface area contributed by atoms with Gasteiger partial charge in [0.15, 0.2) is 0 Å². The highest BCUT2D eigenvalue weighted by Gasteiger charge is 2.20. The summed E-state index contributed by atoms with van der Waals surface area (Å²) in [6.07, 6.45) is 0.388. The molecule has 1 atom stereocenters. The van der Waals surface area contributed by atoms with E-state index in [2.05, 4.69) is 5.32 Å². The number of carbonyl (C=O) groups is 2. The Balaban J connectivity index is 2.74. The van der Waals surface area contributed by atoms with Gasteiger partial charge in [-0.3, -0.25) is 4.79 Å². The number of rotatable bonds is 5. The number of benzene rings is 1. The lowest BCUT2D eigenvalue weighted by Gasteiger charge is -2.16. The molecule has 0 heterocycles. The van der Waals surface area contributed by atoms with Gasteiger partial charge in [-0.1, -0.05) is 12.1 Å². The van der Waals surface area contributed by atoms with Crippen LogP contribution < -0.4 is 11.1 Å². The van der Waals surface area contributed by atoms with E-state index in [1.807, 2.05) is 12.1 Å². The summed E-state index contributed by atoms with van der Waals surface area (Å²) in [4.78, 5) is 22.8. The normalized spacial score (nSPS) is 11.7. The molecule has 1 amide bonds. The fourth-order valence-corrected chi connectivity index (χ4v) is 1.57. The van der Waals surface area contributed by atoms with Crippen LogP contribution in [0.25, 0.3) is 0 Å². The summed E-state index contributed by atoms with van der Waals surface area (Å²) < 4.78 is 4.92. The highest BCUT2D eigenvalue weighted by Crippen LogP contribution is 2.09. The first-order valence-corrected chi connectivity index (χ1v) is 5.81. The fraction of sp³-hybridized carbons (Fsp3) is 0.385. The SMILES string of the molecule is CCOC(=O)C(Cc1ccc(N)cc1)NC(C)=O. The van der Waals surface area contributed by atoms with Crippen LogP contribution in [0.1, 0.15) is 19.4 Å². The van der Waals surface area contributed by atoms with Crippen molar-refractivity contribution in [2.75, 3.05) is 12.3 Å². The van der Waals surface area contributed by atoms with Crippen molar-refractivity contribution in [1.29, 1.82) is 0 Å². The Hall–Kier alpha value is -2.04. The lowest BCUT2D eigenvalue weighted by molar-refractivity contribution is -0.147. The number of carbonyl (C=O) groups excluding carboxylic acids is 2. The summed E-state index contributed by atoms with van der Waals surface area (Å²) in [5.41, 5.74) is 7.16. The number of ether oxygens (including phenoxy) is 1. The first-order chi connectivity index (χ1) is 8.52. The standard InChI is InChI=1S/C13H18N2O3/c1-3-18-13(17)12(15-9(2)16)8-10-4-6-11(14)7-5-10/h4-7,12H,3,8,14H2,1-2H3,(H,15,16). The van der Waals surface area contributed by atoms with Crippen LogP contribution >= 0.6 is 0 Å². The van der Waals surface area contributed by atoms with Crippen molar-refractivity contribution >= 4 is 17.6 Å². The number of nitrogens with two attached hydrogens (primary N) is 1. The number of esters is 1. The predicted octanol–water partition coefficient (Wildman–Crippen LogP) is 0.879. The number of nitrogens with one attached hydrogen (secondary N) is 1. The molecule has 0 aromatic heterocycles. The van der Waals surface area contributed by atoms with E-state index in [4.69, 9.17) is 10.5 Å². The average Bonchev–Trinajstić information content (AvgIpc) is 2.31. The van der Waals surface area contributed by atoms with Gasteiger partial charge in [0.2, 0.25) is 5.91 Å². The van der Waals surface area contributed by atoms with E-state index in [0.29, 0.717) is 12.1 Å². The Morgan fingerprint density at radius 3 is 2.44 bits per heavy atom. The average molecular weight is 250 g/mol. The van der Waals surface area contributed by atoms with E-state index in [1.54, 1.807) is 19.1 Å². The molecule has 0 saturated carbocycles. The van der Waals surface area contributed by atoms with Gasteiger partial charge in [-0.15, -0.1) is 0 Å². The molecule has 5 heteroatoms. The van der Waals surface area contributed by atoms with Gasteiger partial charge < -0.3 is 15.8 Å². The van der Waals surface area contributed by atoms with E-state index in [-0.39, 0.29) is 12.5 Å². The highest BCUT2D eigenvalue weighted by molar-refractivity contribution is 5.83. The zero-order chi connectivity index (χ0) is 13.5. The second kappa shape index (κ2) is 6.64. The zero-order valence-corrected chi connectivity index (χ0v) is 10.6. The van der Waals surface area contributed by atoms with Crippen LogP contribution in [0.3, 0.4) is 0 Å². The molecule has 0 aliphatic rings. The van der Waals surface area contributed by atoms with Crippen LogP contribution in [0.5, 0.6) is 0 Å². The minimum atomic E-state index is -0.661. The maximum atomic E-state index is 11.7. The molecule has 0 aliphatic heterocycles. The van der Waals surface area contributed by atoms with Gasteiger partial charge in [0, 0.05) is 19.0 Å². The van der Waals surface area contributed by atoms with Crippen molar-refractivity contribution < 1.29 is 14.3 Å². The first-order valence-electron chi connectivity index (χ1n) is 5.81. The van der Waals surface area contributed by atoms with Crippen molar-refractivity contribution in [1.82, 2.24) is 5.32 Å². The van der Waals surface area contributed by atoms with Gasteiger partial charge in [0.05, 0.1) is 6.61 Å². The summed E-state index contributed by atoms with van der Waals surface area (Å²) in [6, 6.07) is 6.50. The predicted molar refractivity (Wildman–Crippen MR) is 68.8 cm³/mol. The van der Waals surface area contributed by atoms with Crippen molar-refractivity contribution in [2.24, 2.45) is 0 Å². The molecule has 1 rings (SSSR count). The topological polar surface area (TPSA) is 81.4 Å². The van der Waals surface area contributed by atoms with Crippen molar-refractivity contribution in [2.45, 2.75) is 26.3 Å². The van der Waals surface area contributed by atoms with Crippen molar-refractivity contribution in [3.8, 4) is 0 Å². The summed E-state index contributed by atoms with van der Waals surface area (Å²) in [5.74, 6) is -0.687. The molecule has 98 valence electrons. The van der Waals surface area contributed by atoms with Crippen molar-refractivity contribution in [3.05, 3.63) is 29.8 Å². The Morgan fingerprint density at radius 2 is 1.94 bits per heavy atom. The second-order valence-electron chi connectivity index (χ2n) is 3.95. The number of hydrogen-bond acceptors (Lipinski definition) is 4. The van der Waals surface area contributed by atoms with E-state index in [1.165, 1.54) is 6.92 Å². The molecular formula is C13H18N2O3. The monoisotopic (exact) mass is 250 g/mol. The molecule has 5 nitrogen and oxygen atoms in total. The molecule has 18 heavy (non-hydrogen) atoms. The smallest absolute Gasteiger partial charge is 0.328 e. The van der Waals surface area contributed by atoms with Gasteiger partial charge in [-0.25, -0.2) is 4.79 Å². The second-order valence-corrected chi connectivity index (χ2v) is 3.95. The van der Waals surface area contributed by atoms with E-state index < -0.39 is 12.0 Å².